The molecule has 0 aliphatic heterocycles. The van der Waals surface area contributed by atoms with Gasteiger partial charge in [-0.15, -0.1) is 0 Å². The Morgan fingerprint density at radius 1 is 0.793 bits per heavy atom. The molecule has 1 atom stereocenters. The zero-order chi connectivity index (χ0) is 20.6. The van der Waals surface area contributed by atoms with Crippen LogP contribution in [-0.4, -0.2) is 11.8 Å². The maximum atomic E-state index is 12.9. The van der Waals surface area contributed by atoms with Crippen LogP contribution in [0.4, 0.5) is 5.69 Å². The average Bonchev–Trinajstić information content (AvgIpc) is 2.73. The predicted molar refractivity (Wildman–Crippen MR) is 117 cm³/mol. The van der Waals surface area contributed by atoms with Gasteiger partial charge in [0, 0.05) is 24.9 Å². The van der Waals surface area contributed by atoms with Gasteiger partial charge in [-0.3, -0.25) is 9.59 Å². The lowest BCUT2D eigenvalue weighted by Crippen LogP contribution is -2.28. The number of rotatable bonds is 7. The smallest absolute Gasteiger partial charge is 0.221 e. The number of benzene rings is 3. The third-order valence-corrected chi connectivity index (χ3v) is 4.88. The first-order valence-electron chi connectivity index (χ1n) is 9.79. The minimum atomic E-state index is -0.164. The quantitative estimate of drug-likeness (QED) is 0.597. The first-order valence-corrected chi connectivity index (χ1v) is 9.79. The van der Waals surface area contributed by atoms with E-state index in [0.29, 0.717) is 6.42 Å². The Balaban J connectivity index is 1.73. The summed E-state index contributed by atoms with van der Waals surface area (Å²) >= 11 is 0. The fraction of sp³-hybridized carbons (Fsp3) is 0.200. The molecule has 148 valence electrons. The predicted octanol–water partition coefficient (Wildman–Crippen LogP) is 5.04. The van der Waals surface area contributed by atoms with E-state index in [9.17, 15) is 9.59 Å². The zero-order valence-electron chi connectivity index (χ0n) is 16.8. The summed E-state index contributed by atoms with van der Waals surface area (Å²) in [4.78, 5) is 24.1. The van der Waals surface area contributed by atoms with E-state index in [1.165, 1.54) is 6.92 Å². The second kappa shape index (κ2) is 9.69. The van der Waals surface area contributed by atoms with Crippen LogP contribution >= 0.6 is 0 Å². The lowest BCUT2D eigenvalue weighted by atomic mass is 9.88. The number of hydrogen-bond donors (Lipinski definition) is 2. The number of amides is 2. The third-order valence-electron chi connectivity index (χ3n) is 4.88. The van der Waals surface area contributed by atoms with Gasteiger partial charge in [0.15, 0.2) is 0 Å². The van der Waals surface area contributed by atoms with Gasteiger partial charge in [-0.1, -0.05) is 72.8 Å². The maximum absolute atomic E-state index is 12.9. The van der Waals surface area contributed by atoms with Crippen molar-refractivity contribution in [2.75, 3.05) is 5.32 Å². The summed E-state index contributed by atoms with van der Waals surface area (Å²) in [6.45, 7) is 3.43. The molecule has 1 unspecified atom stereocenters. The Hall–Kier alpha value is -3.40. The number of carbonyl (C=O) groups excluding carboxylic acids is 2. The van der Waals surface area contributed by atoms with E-state index in [-0.39, 0.29) is 23.8 Å². The standard InChI is InChI=1S/C25H26N2O2/c1-18(22-14-9-15-23(16-22)27-19(2)28)26-25(29)17-24(20-10-5-3-6-11-20)21-12-7-4-8-13-21/h3-16,18,24H,17H2,1-2H3,(H,26,29)(H,27,28). The van der Waals surface area contributed by atoms with E-state index in [1.54, 1.807) is 0 Å². The van der Waals surface area contributed by atoms with Crippen LogP contribution in [0, 0.1) is 0 Å². The average molecular weight is 386 g/mol. The molecule has 0 aromatic heterocycles. The fourth-order valence-corrected chi connectivity index (χ4v) is 3.46. The number of anilines is 1. The molecule has 0 fully saturated rings. The second-order valence-corrected chi connectivity index (χ2v) is 7.17. The Bertz CT molecular complexity index is 915. The van der Waals surface area contributed by atoms with Crippen LogP contribution < -0.4 is 10.6 Å². The first-order chi connectivity index (χ1) is 14.0. The van der Waals surface area contributed by atoms with Crippen molar-refractivity contribution in [1.82, 2.24) is 5.32 Å². The van der Waals surface area contributed by atoms with E-state index in [4.69, 9.17) is 0 Å². The van der Waals surface area contributed by atoms with Crippen LogP contribution in [0.1, 0.15) is 48.9 Å². The van der Waals surface area contributed by atoms with Gasteiger partial charge in [0.25, 0.3) is 0 Å². The molecular formula is C25H26N2O2. The lowest BCUT2D eigenvalue weighted by molar-refractivity contribution is -0.122. The molecule has 0 heterocycles. The van der Waals surface area contributed by atoms with Gasteiger partial charge < -0.3 is 10.6 Å². The molecular weight excluding hydrogens is 360 g/mol. The fourth-order valence-electron chi connectivity index (χ4n) is 3.46. The van der Waals surface area contributed by atoms with Crippen molar-refractivity contribution in [3.63, 3.8) is 0 Å². The summed E-state index contributed by atoms with van der Waals surface area (Å²) in [6, 6.07) is 27.6. The normalized spacial score (nSPS) is 11.7. The van der Waals surface area contributed by atoms with Crippen molar-refractivity contribution in [2.45, 2.75) is 32.2 Å². The Labute approximate surface area is 172 Å². The van der Waals surface area contributed by atoms with Crippen molar-refractivity contribution in [3.8, 4) is 0 Å². The summed E-state index contributed by atoms with van der Waals surface area (Å²) in [5.74, 6) is -0.136. The van der Waals surface area contributed by atoms with E-state index < -0.39 is 0 Å². The van der Waals surface area contributed by atoms with Crippen molar-refractivity contribution < 1.29 is 9.59 Å². The van der Waals surface area contributed by atoms with Crippen molar-refractivity contribution in [1.29, 1.82) is 0 Å². The zero-order valence-corrected chi connectivity index (χ0v) is 16.8. The Morgan fingerprint density at radius 3 is 1.90 bits per heavy atom. The molecule has 0 radical (unpaired) electrons. The minimum Gasteiger partial charge on any atom is -0.350 e. The molecule has 2 N–H and O–H groups in total. The van der Waals surface area contributed by atoms with E-state index in [1.807, 2.05) is 67.6 Å². The number of hydrogen-bond acceptors (Lipinski definition) is 2. The van der Waals surface area contributed by atoms with Gasteiger partial charge in [-0.05, 0) is 35.7 Å². The topological polar surface area (TPSA) is 58.2 Å². The van der Waals surface area contributed by atoms with Crippen LogP contribution in [0.5, 0.6) is 0 Å². The third kappa shape index (κ3) is 5.79. The monoisotopic (exact) mass is 386 g/mol. The van der Waals surface area contributed by atoms with E-state index in [0.717, 1.165) is 22.4 Å². The number of carbonyl (C=O) groups is 2. The van der Waals surface area contributed by atoms with Gasteiger partial charge in [0.2, 0.25) is 11.8 Å². The largest absolute Gasteiger partial charge is 0.350 e. The van der Waals surface area contributed by atoms with Gasteiger partial charge in [0.05, 0.1) is 6.04 Å². The molecule has 0 aliphatic rings. The highest BCUT2D eigenvalue weighted by Crippen LogP contribution is 2.28. The van der Waals surface area contributed by atoms with Crippen LogP contribution in [0.2, 0.25) is 0 Å². The molecule has 3 aromatic carbocycles. The van der Waals surface area contributed by atoms with Crippen molar-refractivity contribution >= 4 is 17.5 Å². The minimum absolute atomic E-state index is 0.00434. The number of nitrogens with one attached hydrogen (secondary N) is 2. The molecule has 29 heavy (non-hydrogen) atoms. The molecule has 3 rings (SSSR count). The molecule has 4 nitrogen and oxygen atoms in total. The van der Waals surface area contributed by atoms with Crippen LogP contribution in [0.15, 0.2) is 84.9 Å². The van der Waals surface area contributed by atoms with Gasteiger partial charge >= 0.3 is 0 Å². The summed E-state index contributed by atoms with van der Waals surface area (Å²) in [5.41, 5.74) is 3.91. The summed E-state index contributed by atoms with van der Waals surface area (Å²) in [5, 5.41) is 5.87. The van der Waals surface area contributed by atoms with Crippen LogP contribution in [-0.2, 0) is 9.59 Å². The Kier molecular flexibility index (Phi) is 6.80. The molecule has 0 bridgehead atoms. The highest BCUT2D eigenvalue weighted by molar-refractivity contribution is 5.88. The molecule has 0 spiro atoms. The van der Waals surface area contributed by atoms with Crippen LogP contribution in [0.3, 0.4) is 0 Å². The Morgan fingerprint density at radius 2 is 1.34 bits per heavy atom. The van der Waals surface area contributed by atoms with Gasteiger partial charge in [-0.25, -0.2) is 0 Å². The molecule has 4 heteroatoms. The molecule has 2 amide bonds. The second-order valence-electron chi connectivity index (χ2n) is 7.17. The van der Waals surface area contributed by atoms with E-state index >= 15 is 0 Å². The lowest BCUT2D eigenvalue weighted by Gasteiger charge is -2.20. The molecule has 0 aliphatic carbocycles. The van der Waals surface area contributed by atoms with Gasteiger partial charge in [0.1, 0.15) is 0 Å². The van der Waals surface area contributed by atoms with Crippen molar-refractivity contribution in [3.05, 3.63) is 102 Å². The summed E-state index contributed by atoms with van der Waals surface area (Å²) in [7, 11) is 0. The van der Waals surface area contributed by atoms with Crippen LogP contribution in [0.25, 0.3) is 0 Å². The molecule has 0 saturated heterocycles. The first kappa shape index (κ1) is 20.3. The SMILES string of the molecule is CC(=O)Nc1cccc(C(C)NC(=O)CC(c2ccccc2)c2ccccc2)c1. The highest BCUT2D eigenvalue weighted by atomic mass is 16.2. The van der Waals surface area contributed by atoms with Gasteiger partial charge in [-0.2, -0.15) is 0 Å². The highest BCUT2D eigenvalue weighted by Gasteiger charge is 2.19. The molecule has 3 aromatic rings. The summed E-state index contributed by atoms with van der Waals surface area (Å²) < 4.78 is 0. The maximum Gasteiger partial charge on any atom is 0.221 e. The van der Waals surface area contributed by atoms with Crippen molar-refractivity contribution in [2.24, 2.45) is 0 Å². The van der Waals surface area contributed by atoms with E-state index in [2.05, 4.69) is 34.9 Å². The summed E-state index contributed by atoms with van der Waals surface area (Å²) in [6.07, 6.45) is 0.365. The molecule has 0 saturated carbocycles.